The molecule has 5 nitrogen and oxygen atoms in total. The van der Waals surface area contributed by atoms with E-state index >= 15 is 0 Å². The maximum absolute atomic E-state index is 12.3. The van der Waals surface area contributed by atoms with Crippen LogP contribution in [0.25, 0.3) is 5.69 Å². The van der Waals surface area contributed by atoms with Gasteiger partial charge in [-0.2, -0.15) is 0 Å². The minimum atomic E-state index is -0.701. The van der Waals surface area contributed by atoms with Gasteiger partial charge in [-0.1, -0.05) is 11.6 Å². The van der Waals surface area contributed by atoms with Crippen LogP contribution in [0, 0.1) is 6.92 Å². The van der Waals surface area contributed by atoms with Crippen LogP contribution >= 0.6 is 11.6 Å². The molecule has 2 aromatic rings. The molecule has 0 atom stereocenters. The first-order valence-electron chi connectivity index (χ1n) is 5.78. The van der Waals surface area contributed by atoms with Crippen LogP contribution in [0.3, 0.4) is 0 Å². The molecule has 0 saturated heterocycles. The first-order chi connectivity index (χ1) is 9.32. The van der Waals surface area contributed by atoms with Gasteiger partial charge in [0.1, 0.15) is 17.1 Å². The minimum Gasteiger partial charge on any atom is -0.507 e. The Balaban J connectivity index is 2.88. The molecule has 2 N–H and O–H groups in total. The van der Waals surface area contributed by atoms with Gasteiger partial charge >= 0.3 is 0 Å². The summed E-state index contributed by atoms with van der Waals surface area (Å²) in [5.41, 5.74) is -0.500. The van der Waals surface area contributed by atoms with Crippen molar-refractivity contribution in [2.45, 2.75) is 13.8 Å². The third-order valence-corrected chi connectivity index (χ3v) is 3.14. The quantitative estimate of drug-likeness (QED) is 0.833. The van der Waals surface area contributed by atoms with E-state index < -0.39 is 11.3 Å². The van der Waals surface area contributed by atoms with Gasteiger partial charge < -0.3 is 10.2 Å². The van der Waals surface area contributed by atoms with Crippen molar-refractivity contribution in [2.24, 2.45) is 0 Å². The van der Waals surface area contributed by atoms with E-state index in [1.807, 2.05) is 0 Å². The van der Waals surface area contributed by atoms with Crippen molar-refractivity contribution in [1.82, 2.24) is 4.57 Å². The normalized spacial score (nSPS) is 10.6. The highest BCUT2D eigenvalue weighted by molar-refractivity contribution is 6.30. The van der Waals surface area contributed by atoms with Crippen molar-refractivity contribution in [3.05, 3.63) is 50.9 Å². The van der Waals surface area contributed by atoms with Crippen LogP contribution in [-0.2, 0) is 0 Å². The fraction of sp³-hybridized carbons (Fsp3) is 0.143. The van der Waals surface area contributed by atoms with Crippen molar-refractivity contribution in [3.63, 3.8) is 0 Å². The number of phenols is 1. The number of carbonyl (C=O) groups is 1. The Kier molecular flexibility index (Phi) is 3.55. The summed E-state index contributed by atoms with van der Waals surface area (Å²) in [5.74, 6) is -1.08. The summed E-state index contributed by atoms with van der Waals surface area (Å²) in [5, 5.41) is 19.9. The number of aromatic hydroxyl groups is 2. The Hall–Kier alpha value is -2.27. The fourth-order valence-electron chi connectivity index (χ4n) is 2.02. The molecule has 0 amide bonds. The molecule has 0 fully saturated rings. The van der Waals surface area contributed by atoms with E-state index in [-0.39, 0.29) is 22.7 Å². The minimum absolute atomic E-state index is 0.153. The molecule has 104 valence electrons. The average Bonchev–Trinajstić information content (AvgIpc) is 2.32. The lowest BCUT2D eigenvalue weighted by Crippen LogP contribution is -2.26. The molecule has 1 aromatic heterocycles. The molecule has 0 aliphatic rings. The summed E-state index contributed by atoms with van der Waals surface area (Å²) in [6, 6.07) is 5.53. The Labute approximate surface area is 119 Å². The van der Waals surface area contributed by atoms with Crippen molar-refractivity contribution in [1.29, 1.82) is 0 Å². The summed E-state index contributed by atoms with van der Waals surface area (Å²) in [4.78, 5) is 23.8. The summed E-state index contributed by atoms with van der Waals surface area (Å²) in [6.07, 6.45) is 0. The molecule has 20 heavy (non-hydrogen) atoms. The summed E-state index contributed by atoms with van der Waals surface area (Å²) >= 11 is 5.86. The number of hydrogen-bond acceptors (Lipinski definition) is 4. The van der Waals surface area contributed by atoms with Gasteiger partial charge in [-0.05, 0) is 32.0 Å². The number of hydrogen-bond donors (Lipinski definition) is 2. The van der Waals surface area contributed by atoms with Crippen LogP contribution in [0.5, 0.6) is 11.5 Å². The molecule has 0 saturated carbocycles. The van der Waals surface area contributed by atoms with E-state index in [1.165, 1.54) is 31.2 Å². The maximum atomic E-state index is 12.3. The summed E-state index contributed by atoms with van der Waals surface area (Å²) < 4.78 is 1.14. The molecule has 0 radical (unpaired) electrons. The zero-order chi connectivity index (χ0) is 15.0. The second kappa shape index (κ2) is 5.02. The summed E-state index contributed by atoms with van der Waals surface area (Å²) in [6.45, 7) is 2.76. The molecule has 0 unspecified atom stereocenters. The Morgan fingerprint density at radius 3 is 2.45 bits per heavy atom. The van der Waals surface area contributed by atoms with Gasteiger partial charge in [0.05, 0.1) is 5.69 Å². The van der Waals surface area contributed by atoms with Gasteiger partial charge in [0, 0.05) is 16.8 Å². The SMILES string of the molecule is CC(=O)c1c(O)cc(C)n(-c2cc(Cl)ccc2O)c1=O. The fourth-order valence-corrected chi connectivity index (χ4v) is 2.19. The standard InChI is InChI=1S/C14H12ClNO4/c1-7-5-12(19)13(8(2)17)14(20)16(7)10-6-9(15)3-4-11(10)18/h3-6,18-19H,1-2H3. The zero-order valence-corrected chi connectivity index (χ0v) is 11.6. The zero-order valence-electron chi connectivity index (χ0n) is 10.8. The molecule has 6 heteroatoms. The average molecular weight is 294 g/mol. The summed E-state index contributed by atoms with van der Waals surface area (Å²) in [7, 11) is 0. The highest BCUT2D eigenvalue weighted by Gasteiger charge is 2.18. The van der Waals surface area contributed by atoms with E-state index in [9.17, 15) is 19.8 Å². The predicted molar refractivity (Wildman–Crippen MR) is 75.1 cm³/mol. The van der Waals surface area contributed by atoms with Gasteiger partial charge in [-0.3, -0.25) is 14.2 Å². The second-order valence-corrected chi connectivity index (χ2v) is 4.81. The van der Waals surface area contributed by atoms with Gasteiger partial charge in [-0.25, -0.2) is 0 Å². The lowest BCUT2D eigenvalue weighted by atomic mass is 10.1. The maximum Gasteiger partial charge on any atom is 0.270 e. The highest BCUT2D eigenvalue weighted by Crippen LogP contribution is 2.27. The van der Waals surface area contributed by atoms with Gasteiger partial charge in [-0.15, -0.1) is 0 Å². The van der Waals surface area contributed by atoms with Crippen LogP contribution in [-0.4, -0.2) is 20.6 Å². The number of carbonyl (C=O) groups excluding carboxylic acids is 1. The number of aromatic nitrogens is 1. The molecule has 1 heterocycles. The van der Waals surface area contributed by atoms with E-state index in [4.69, 9.17) is 11.6 Å². The number of nitrogens with zero attached hydrogens (tertiary/aromatic N) is 1. The second-order valence-electron chi connectivity index (χ2n) is 4.38. The van der Waals surface area contributed by atoms with E-state index in [0.717, 1.165) is 4.57 Å². The van der Waals surface area contributed by atoms with Crippen molar-refractivity contribution >= 4 is 17.4 Å². The van der Waals surface area contributed by atoms with Crippen molar-refractivity contribution in [2.75, 3.05) is 0 Å². The Morgan fingerprint density at radius 2 is 1.85 bits per heavy atom. The van der Waals surface area contributed by atoms with Crippen LogP contribution in [0.1, 0.15) is 23.0 Å². The largest absolute Gasteiger partial charge is 0.507 e. The van der Waals surface area contributed by atoms with Crippen LogP contribution < -0.4 is 5.56 Å². The molecular formula is C14H12ClNO4. The number of halogens is 1. The molecule has 1 aromatic carbocycles. The van der Waals surface area contributed by atoms with Gasteiger partial charge in [0.2, 0.25) is 0 Å². The number of rotatable bonds is 2. The van der Waals surface area contributed by atoms with Crippen LogP contribution in [0.2, 0.25) is 5.02 Å². The third kappa shape index (κ3) is 2.28. The number of Topliss-reactive ketones (excluding diaryl/α,β-unsaturated/α-hetero) is 1. The molecule has 0 aliphatic carbocycles. The monoisotopic (exact) mass is 293 g/mol. The number of phenolic OH excluding ortho intramolecular Hbond substituents is 1. The van der Waals surface area contributed by atoms with Crippen molar-refractivity contribution in [3.8, 4) is 17.2 Å². The van der Waals surface area contributed by atoms with E-state index in [2.05, 4.69) is 0 Å². The Morgan fingerprint density at radius 1 is 1.20 bits per heavy atom. The lowest BCUT2D eigenvalue weighted by molar-refractivity contribution is 0.101. The highest BCUT2D eigenvalue weighted by atomic mass is 35.5. The predicted octanol–water partition coefficient (Wildman–Crippen LogP) is 2.41. The van der Waals surface area contributed by atoms with Crippen LogP contribution in [0.15, 0.2) is 29.1 Å². The van der Waals surface area contributed by atoms with Crippen LogP contribution in [0.4, 0.5) is 0 Å². The third-order valence-electron chi connectivity index (χ3n) is 2.90. The number of ketones is 1. The smallest absolute Gasteiger partial charge is 0.270 e. The van der Waals surface area contributed by atoms with E-state index in [1.54, 1.807) is 6.92 Å². The Bertz CT molecular complexity index is 764. The molecule has 0 spiro atoms. The molecular weight excluding hydrogens is 282 g/mol. The lowest BCUT2D eigenvalue weighted by Gasteiger charge is -2.14. The number of pyridine rings is 1. The first kappa shape index (κ1) is 14.1. The molecule has 0 bridgehead atoms. The van der Waals surface area contributed by atoms with Crippen molar-refractivity contribution < 1.29 is 15.0 Å². The topological polar surface area (TPSA) is 79.5 Å². The van der Waals surface area contributed by atoms with Gasteiger partial charge in [0.25, 0.3) is 5.56 Å². The molecule has 2 rings (SSSR count). The molecule has 0 aliphatic heterocycles. The van der Waals surface area contributed by atoms with E-state index in [0.29, 0.717) is 10.7 Å². The number of benzene rings is 1. The van der Waals surface area contributed by atoms with Gasteiger partial charge in [0.15, 0.2) is 5.78 Å². The first-order valence-corrected chi connectivity index (χ1v) is 6.16. The number of aryl methyl sites for hydroxylation is 1.